The number of ether oxygens (including phenoxy) is 1. The first kappa shape index (κ1) is 25.5. The first-order chi connectivity index (χ1) is 16.1. The Morgan fingerprint density at radius 2 is 1.71 bits per heavy atom. The summed E-state index contributed by atoms with van der Waals surface area (Å²) in [6, 6.07) is 16.7. The first-order valence-electron chi connectivity index (χ1n) is 9.96. The Morgan fingerprint density at radius 1 is 1.00 bits per heavy atom. The normalized spacial score (nSPS) is 12.1. The van der Waals surface area contributed by atoms with E-state index in [1.807, 2.05) is 0 Å². The van der Waals surface area contributed by atoms with E-state index in [4.69, 9.17) is 16.3 Å². The van der Waals surface area contributed by atoms with Gasteiger partial charge in [0.1, 0.15) is 5.75 Å². The number of hydrogen-bond acceptors (Lipinski definition) is 4. The maximum absolute atomic E-state index is 13.2. The van der Waals surface area contributed by atoms with Crippen LogP contribution in [0.25, 0.3) is 0 Å². The van der Waals surface area contributed by atoms with Crippen LogP contribution in [0, 0.1) is 0 Å². The highest BCUT2D eigenvalue weighted by Crippen LogP contribution is 2.37. The summed E-state index contributed by atoms with van der Waals surface area (Å²) in [7, 11) is 1.51. The van der Waals surface area contributed by atoms with Crippen LogP contribution in [0.2, 0.25) is 5.02 Å². The van der Waals surface area contributed by atoms with Gasteiger partial charge in [-0.25, -0.2) is 0 Å². The minimum atomic E-state index is -4.66. The molecule has 3 aromatic rings. The molecule has 3 aromatic carbocycles. The van der Waals surface area contributed by atoms with Gasteiger partial charge in [0.25, 0.3) is 5.91 Å². The number of nitrogens with one attached hydrogen (secondary N) is 2. The van der Waals surface area contributed by atoms with Gasteiger partial charge in [0.05, 0.1) is 23.6 Å². The minimum Gasteiger partial charge on any atom is -0.497 e. The number of halogens is 4. The van der Waals surface area contributed by atoms with Gasteiger partial charge in [-0.1, -0.05) is 17.7 Å². The van der Waals surface area contributed by atoms with Crippen molar-refractivity contribution in [3.8, 4) is 5.75 Å². The molecule has 0 aliphatic carbocycles. The van der Waals surface area contributed by atoms with Gasteiger partial charge >= 0.3 is 6.18 Å². The van der Waals surface area contributed by atoms with Gasteiger partial charge in [-0.2, -0.15) is 13.2 Å². The second kappa shape index (κ2) is 10.8. The average molecular weight is 509 g/mol. The number of carbonyl (C=O) groups excluding carboxylic acids is 2. The molecule has 0 aliphatic heterocycles. The number of rotatable bonds is 7. The van der Waals surface area contributed by atoms with E-state index in [2.05, 4.69) is 10.6 Å². The van der Waals surface area contributed by atoms with E-state index >= 15 is 0 Å². The van der Waals surface area contributed by atoms with E-state index in [0.717, 1.165) is 12.1 Å². The van der Waals surface area contributed by atoms with E-state index in [0.29, 0.717) is 21.9 Å². The van der Waals surface area contributed by atoms with Crippen LogP contribution < -0.4 is 15.4 Å². The summed E-state index contributed by atoms with van der Waals surface area (Å²) in [6.45, 7) is 1.58. The Kier molecular flexibility index (Phi) is 8.11. The smallest absolute Gasteiger partial charge is 0.418 e. The van der Waals surface area contributed by atoms with Gasteiger partial charge in [-0.3, -0.25) is 9.59 Å². The number of hydrogen-bond donors (Lipinski definition) is 2. The van der Waals surface area contributed by atoms with Crippen molar-refractivity contribution in [1.82, 2.24) is 0 Å². The van der Waals surface area contributed by atoms with Crippen molar-refractivity contribution in [2.75, 3.05) is 17.7 Å². The van der Waals surface area contributed by atoms with Crippen LogP contribution in [0.15, 0.2) is 71.6 Å². The molecule has 10 heteroatoms. The SMILES string of the molecule is COc1cccc(C(=O)Nc2ccc(SC(C)C(=O)Nc3ccc(Cl)cc3C(F)(F)F)cc2)c1. The molecule has 0 saturated carbocycles. The lowest BCUT2D eigenvalue weighted by Crippen LogP contribution is -2.24. The fourth-order valence-electron chi connectivity index (χ4n) is 2.94. The van der Waals surface area contributed by atoms with Gasteiger partial charge in [-0.15, -0.1) is 11.8 Å². The predicted octanol–water partition coefficient (Wildman–Crippen LogP) is 6.74. The largest absolute Gasteiger partial charge is 0.497 e. The third-order valence-corrected chi connectivity index (χ3v) is 6.02. The van der Waals surface area contributed by atoms with Crippen LogP contribution in [0.1, 0.15) is 22.8 Å². The summed E-state index contributed by atoms with van der Waals surface area (Å²) in [5.74, 6) is -0.337. The van der Waals surface area contributed by atoms with Gasteiger partial charge in [-0.05, 0) is 67.6 Å². The lowest BCUT2D eigenvalue weighted by atomic mass is 10.1. The number of benzene rings is 3. The van der Waals surface area contributed by atoms with Crippen LogP contribution in [-0.2, 0) is 11.0 Å². The van der Waals surface area contributed by atoms with Crippen LogP contribution in [0.5, 0.6) is 5.75 Å². The summed E-state index contributed by atoms with van der Waals surface area (Å²) in [6.07, 6.45) is -4.66. The third-order valence-electron chi connectivity index (χ3n) is 4.67. The van der Waals surface area contributed by atoms with E-state index < -0.39 is 22.9 Å². The molecule has 0 aromatic heterocycles. The fraction of sp³-hybridized carbons (Fsp3) is 0.167. The van der Waals surface area contributed by atoms with Crippen molar-refractivity contribution in [3.63, 3.8) is 0 Å². The Labute approximate surface area is 203 Å². The van der Waals surface area contributed by atoms with Gasteiger partial charge in [0, 0.05) is 21.2 Å². The molecule has 1 atom stereocenters. The van der Waals surface area contributed by atoms with Crippen LogP contribution >= 0.6 is 23.4 Å². The number of methoxy groups -OCH3 is 1. The molecule has 0 fully saturated rings. The predicted molar refractivity (Wildman–Crippen MR) is 128 cm³/mol. The molecule has 34 heavy (non-hydrogen) atoms. The number of thioether (sulfide) groups is 1. The van der Waals surface area contributed by atoms with Gasteiger partial charge < -0.3 is 15.4 Å². The monoisotopic (exact) mass is 508 g/mol. The minimum absolute atomic E-state index is 0.0775. The Morgan fingerprint density at radius 3 is 2.35 bits per heavy atom. The van der Waals surface area contributed by atoms with Gasteiger partial charge in [0.15, 0.2) is 0 Å². The summed E-state index contributed by atoms with van der Waals surface area (Å²) in [5.41, 5.74) is -0.389. The molecular formula is C24H20ClF3N2O3S. The summed E-state index contributed by atoms with van der Waals surface area (Å²) < 4.78 is 44.9. The van der Waals surface area contributed by atoms with Crippen molar-refractivity contribution in [2.24, 2.45) is 0 Å². The lowest BCUT2D eigenvalue weighted by Gasteiger charge is -2.17. The van der Waals surface area contributed by atoms with Crippen LogP contribution in [0.4, 0.5) is 24.5 Å². The molecule has 2 N–H and O–H groups in total. The topological polar surface area (TPSA) is 67.4 Å². The van der Waals surface area contributed by atoms with Gasteiger partial charge in [0.2, 0.25) is 5.91 Å². The second-order valence-electron chi connectivity index (χ2n) is 7.15. The maximum Gasteiger partial charge on any atom is 0.418 e. The number of anilines is 2. The Bertz CT molecular complexity index is 1190. The highest BCUT2D eigenvalue weighted by atomic mass is 35.5. The molecule has 1 unspecified atom stereocenters. The summed E-state index contributed by atoms with van der Waals surface area (Å²) in [4.78, 5) is 25.6. The lowest BCUT2D eigenvalue weighted by molar-refractivity contribution is -0.137. The zero-order chi connectivity index (χ0) is 24.9. The van der Waals surface area contributed by atoms with Crippen molar-refractivity contribution < 1.29 is 27.5 Å². The maximum atomic E-state index is 13.2. The zero-order valence-corrected chi connectivity index (χ0v) is 19.6. The first-order valence-corrected chi connectivity index (χ1v) is 11.2. The molecule has 0 saturated heterocycles. The molecule has 5 nitrogen and oxygen atoms in total. The highest BCUT2D eigenvalue weighted by Gasteiger charge is 2.34. The fourth-order valence-corrected chi connectivity index (χ4v) is 3.98. The summed E-state index contributed by atoms with van der Waals surface area (Å²) in [5, 5.41) is 4.33. The summed E-state index contributed by atoms with van der Waals surface area (Å²) >= 11 is 6.84. The molecule has 0 aliphatic rings. The number of amides is 2. The molecule has 0 radical (unpaired) electrons. The Balaban J connectivity index is 1.62. The third kappa shape index (κ3) is 6.68. The highest BCUT2D eigenvalue weighted by molar-refractivity contribution is 8.00. The van der Waals surface area contributed by atoms with Crippen molar-refractivity contribution in [1.29, 1.82) is 0 Å². The molecule has 0 heterocycles. The zero-order valence-electron chi connectivity index (χ0n) is 18.1. The standard InChI is InChI=1S/C24H20ClF3N2O3S/c1-14(22(31)30-21-11-6-16(25)13-20(21)24(26,27)28)34-19-9-7-17(8-10-19)29-23(32)15-4-3-5-18(12-15)33-2/h3-14H,1-2H3,(H,29,32)(H,30,31). The number of carbonyl (C=O) groups is 2. The van der Waals surface area contributed by atoms with E-state index in [9.17, 15) is 22.8 Å². The quantitative estimate of drug-likeness (QED) is 0.347. The van der Waals surface area contributed by atoms with Crippen LogP contribution in [-0.4, -0.2) is 24.2 Å². The second-order valence-corrected chi connectivity index (χ2v) is 9.00. The molecule has 2 amide bonds. The Hall–Kier alpha value is -3.17. The average Bonchev–Trinajstić information content (AvgIpc) is 2.80. The van der Waals surface area contributed by atoms with Crippen molar-refractivity contribution >= 4 is 46.6 Å². The molecule has 178 valence electrons. The molecule has 0 spiro atoms. The van der Waals surface area contributed by atoms with E-state index in [1.165, 1.54) is 24.9 Å². The van der Waals surface area contributed by atoms with E-state index in [-0.39, 0.29) is 16.6 Å². The molecular weight excluding hydrogens is 489 g/mol. The van der Waals surface area contributed by atoms with Crippen molar-refractivity contribution in [2.45, 2.75) is 23.2 Å². The number of alkyl halides is 3. The van der Waals surface area contributed by atoms with E-state index in [1.54, 1.807) is 55.5 Å². The van der Waals surface area contributed by atoms with Crippen molar-refractivity contribution in [3.05, 3.63) is 82.9 Å². The van der Waals surface area contributed by atoms with Crippen LogP contribution in [0.3, 0.4) is 0 Å². The molecule has 0 bridgehead atoms. The molecule has 3 rings (SSSR count).